The topological polar surface area (TPSA) is 55.1 Å². The molecule has 21 heavy (non-hydrogen) atoms. The number of hydrogen-bond acceptors (Lipinski definition) is 3. The molecule has 2 aromatic rings. The van der Waals surface area contributed by atoms with Crippen molar-refractivity contribution in [1.29, 1.82) is 0 Å². The normalized spacial score (nSPS) is 9.90. The van der Waals surface area contributed by atoms with Crippen molar-refractivity contribution in [2.45, 2.75) is 20.8 Å². The Kier molecular flexibility index (Phi) is 4.79. The Morgan fingerprint density at radius 2 is 2.00 bits per heavy atom. The summed E-state index contributed by atoms with van der Waals surface area (Å²) in [6, 6.07) is 7.87. The van der Waals surface area contributed by atoms with E-state index in [0.717, 1.165) is 27.3 Å². The van der Waals surface area contributed by atoms with Crippen LogP contribution in [0.1, 0.15) is 31.2 Å². The highest BCUT2D eigenvalue weighted by Crippen LogP contribution is 2.23. The molecule has 0 spiro atoms. The van der Waals surface area contributed by atoms with Crippen molar-refractivity contribution in [2.24, 2.45) is 5.73 Å². The number of aryl methyl sites for hydroxylation is 3. The first-order valence-electron chi connectivity index (χ1n) is 6.69. The van der Waals surface area contributed by atoms with Gasteiger partial charge in [-0.05, 0) is 49.6 Å². The van der Waals surface area contributed by atoms with Gasteiger partial charge in [0.25, 0.3) is 5.91 Å². The molecule has 108 valence electrons. The molecule has 1 aromatic carbocycles. The fraction of sp³-hybridized carbons (Fsp3) is 0.235. The Balaban J connectivity index is 2.23. The average molecular weight is 298 g/mol. The number of anilines is 1. The molecule has 1 heterocycles. The van der Waals surface area contributed by atoms with E-state index in [2.05, 4.69) is 17.2 Å². The molecular formula is C17H18N2OS. The van der Waals surface area contributed by atoms with E-state index >= 15 is 0 Å². The van der Waals surface area contributed by atoms with Crippen LogP contribution in [-0.2, 0) is 0 Å². The van der Waals surface area contributed by atoms with Crippen LogP contribution in [0.15, 0.2) is 24.3 Å². The van der Waals surface area contributed by atoms with Crippen LogP contribution in [0.25, 0.3) is 0 Å². The maximum Gasteiger partial charge on any atom is 0.265 e. The molecule has 0 fully saturated rings. The van der Waals surface area contributed by atoms with Gasteiger partial charge in [-0.15, -0.1) is 11.3 Å². The Morgan fingerprint density at radius 1 is 1.24 bits per heavy atom. The summed E-state index contributed by atoms with van der Waals surface area (Å²) >= 11 is 1.40. The smallest absolute Gasteiger partial charge is 0.265 e. The molecular weight excluding hydrogens is 280 g/mol. The van der Waals surface area contributed by atoms with Crippen LogP contribution in [0.2, 0.25) is 0 Å². The minimum Gasteiger partial charge on any atom is -0.321 e. The summed E-state index contributed by atoms with van der Waals surface area (Å²) in [6.07, 6.45) is 0. The van der Waals surface area contributed by atoms with E-state index in [0.29, 0.717) is 11.4 Å². The van der Waals surface area contributed by atoms with Gasteiger partial charge < -0.3 is 11.1 Å². The number of nitrogens with two attached hydrogens (primary N) is 1. The van der Waals surface area contributed by atoms with E-state index in [-0.39, 0.29) is 5.91 Å². The number of hydrogen-bond donors (Lipinski definition) is 2. The first-order valence-corrected chi connectivity index (χ1v) is 7.51. The molecule has 3 nitrogen and oxygen atoms in total. The van der Waals surface area contributed by atoms with Crippen molar-refractivity contribution in [1.82, 2.24) is 0 Å². The lowest BCUT2D eigenvalue weighted by Crippen LogP contribution is -2.11. The summed E-state index contributed by atoms with van der Waals surface area (Å²) in [5, 5.41) is 2.96. The Hall–Kier alpha value is -2.09. The maximum absolute atomic E-state index is 12.3. The fourth-order valence-electron chi connectivity index (χ4n) is 1.90. The van der Waals surface area contributed by atoms with Gasteiger partial charge in [-0.25, -0.2) is 0 Å². The third-order valence-corrected chi connectivity index (χ3v) is 4.24. The number of carbonyl (C=O) groups excluding carboxylic acids is 1. The predicted octanol–water partition coefficient (Wildman–Crippen LogP) is 3.24. The van der Waals surface area contributed by atoms with Gasteiger partial charge in [-0.3, -0.25) is 4.79 Å². The minimum atomic E-state index is -0.0994. The molecule has 3 N–H and O–H groups in total. The Labute approximate surface area is 129 Å². The molecule has 0 unspecified atom stereocenters. The van der Waals surface area contributed by atoms with Crippen molar-refractivity contribution in [3.05, 3.63) is 50.7 Å². The van der Waals surface area contributed by atoms with Crippen molar-refractivity contribution in [3.8, 4) is 11.8 Å². The van der Waals surface area contributed by atoms with E-state index in [9.17, 15) is 4.79 Å². The molecule has 0 saturated heterocycles. The molecule has 0 bridgehead atoms. The summed E-state index contributed by atoms with van der Waals surface area (Å²) in [5.41, 5.74) is 9.40. The predicted molar refractivity (Wildman–Crippen MR) is 88.9 cm³/mol. The van der Waals surface area contributed by atoms with Crippen LogP contribution in [0.4, 0.5) is 5.69 Å². The Morgan fingerprint density at radius 3 is 2.71 bits per heavy atom. The molecule has 0 radical (unpaired) electrons. The molecule has 0 aliphatic rings. The van der Waals surface area contributed by atoms with Crippen LogP contribution in [0.3, 0.4) is 0 Å². The van der Waals surface area contributed by atoms with Gasteiger partial charge in [0.15, 0.2) is 0 Å². The van der Waals surface area contributed by atoms with E-state index < -0.39 is 0 Å². The van der Waals surface area contributed by atoms with Gasteiger partial charge in [0.05, 0.1) is 16.3 Å². The molecule has 0 aliphatic carbocycles. The Bertz CT molecular complexity index is 735. The van der Waals surface area contributed by atoms with Gasteiger partial charge in [0.2, 0.25) is 0 Å². The molecule has 2 rings (SSSR count). The highest BCUT2D eigenvalue weighted by Gasteiger charge is 2.12. The molecule has 0 aliphatic heterocycles. The first kappa shape index (κ1) is 15.3. The zero-order valence-corrected chi connectivity index (χ0v) is 13.2. The first-order chi connectivity index (χ1) is 10.0. The molecule has 4 heteroatoms. The zero-order chi connectivity index (χ0) is 15.4. The standard InChI is InChI=1S/C17H18N2OS/c1-11-6-7-12(2)14(9-11)19-17(20)16-10-13(3)15(21-16)5-4-8-18/h6-7,9-10H,8,18H2,1-3H3,(H,19,20). The van der Waals surface area contributed by atoms with Crippen molar-refractivity contribution in [3.63, 3.8) is 0 Å². The van der Waals surface area contributed by atoms with E-state index in [1.54, 1.807) is 0 Å². The SMILES string of the molecule is Cc1ccc(C)c(NC(=O)c2cc(C)c(C#CCN)s2)c1. The second kappa shape index (κ2) is 6.57. The van der Waals surface area contributed by atoms with E-state index in [1.165, 1.54) is 11.3 Å². The van der Waals surface area contributed by atoms with Crippen molar-refractivity contribution < 1.29 is 4.79 Å². The van der Waals surface area contributed by atoms with E-state index in [4.69, 9.17) is 5.73 Å². The van der Waals surface area contributed by atoms with Gasteiger partial charge in [-0.1, -0.05) is 24.0 Å². The summed E-state index contributed by atoms with van der Waals surface area (Å²) in [7, 11) is 0. The number of carbonyl (C=O) groups is 1. The fourth-order valence-corrected chi connectivity index (χ4v) is 2.85. The maximum atomic E-state index is 12.3. The van der Waals surface area contributed by atoms with Gasteiger partial charge in [-0.2, -0.15) is 0 Å². The quantitative estimate of drug-likeness (QED) is 0.836. The summed E-state index contributed by atoms with van der Waals surface area (Å²) in [5.74, 6) is 5.72. The van der Waals surface area contributed by atoms with E-state index in [1.807, 2.05) is 45.0 Å². The van der Waals surface area contributed by atoms with Gasteiger partial charge >= 0.3 is 0 Å². The monoisotopic (exact) mass is 298 g/mol. The van der Waals surface area contributed by atoms with Crippen LogP contribution in [0.5, 0.6) is 0 Å². The summed E-state index contributed by atoms with van der Waals surface area (Å²) in [6.45, 7) is 6.25. The third-order valence-electron chi connectivity index (χ3n) is 3.09. The molecule has 0 saturated carbocycles. The number of amides is 1. The van der Waals surface area contributed by atoms with Gasteiger partial charge in [0, 0.05) is 5.69 Å². The lowest BCUT2D eigenvalue weighted by molar-refractivity contribution is 0.103. The summed E-state index contributed by atoms with van der Waals surface area (Å²) in [4.78, 5) is 13.9. The van der Waals surface area contributed by atoms with Crippen LogP contribution in [0, 0.1) is 32.6 Å². The third kappa shape index (κ3) is 3.72. The number of thiophene rings is 1. The lowest BCUT2D eigenvalue weighted by Gasteiger charge is -2.08. The van der Waals surface area contributed by atoms with Crippen LogP contribution < -0.4 is 11.1 Å². The molecule has 1 amide bonds. The zero-order valence-electron chi connectivity index (χ0n) is 12.4. The van der Waals surface area contributed by atoms with Crippen LogP contribution >= 0.6 is 11.3 Å². The lowest BCUT2D eigenvalue weighted by atomic mass is 10.1. The second-order valence-electron chi connectivity index (χ2n) is 4.90. The van der Waals surface area contributed by atoms with Crippen molar-refractivity contribution >= 4 is 22.9 Å². The summed E-state index contributed by atoms with van der Waals surface area (Å²) < 4.78 is 0. The minimum absolute atomic E-state index is 0.0994. The van der Waals surface area contributed by atoms with Crippen molar-refractivity contribution in [2.75, 3.05) is 11.9 Å². The van der Waals surface area contributed by atoms with Crippen LogP contribution in [-0.4, -0.2) is 12.5 Å². The highest BCUT2D eigenvalue weighted by molar-refractivity contribution is 7.14. The second-order valence-corrected chi connectivity index (χ2v) is 5.95. The molecule has 0 atom stereocenters. The number of nitrogens with one attached hydrogen (secondary N) is 1. The number of rotatable bonds is 2. The average Bonchev–Trinajstić information content (AvgIpc) is 2.82. The highest BCUT2D eigenvalue weighted by atomic mass is 32.1. The van der Waals surface area contributed by atoms with Gasteiger partial charge in [0.1, 0.15) is 0 Å². The molecule has 1 aromatic heterocycles. The largest absolute Gasteiger partial charge is 0.321 e. The number of benzene rings is 1.